The molecule has 0 aliphatic carbocycles. The molecule has 7 nitrogen and oxygen atoms in total. The monoisotopic (exact) mass is 371 g/mol. The van der Waals surface area contributed by atoms with Crippen LogP contribution in [0.5, 0.6) is 11.5 Å². The molecule has 0 saturated heterocycles. The van der Waals surface area contributed by atoms with E-state index in [1.165, 1.54) is 18.9 Å². The molecule has 8 heteroatoms. The molecule has 0 unspecified atom stereocenters. The number of benzene rings is 2. The van der Waals surface area contributed by atoms with Gasteiger partial charge in [-0.2, -0.15) is 0 Å². The quantitative estimate of drug-likeness (QED) is 0.636. The van der Waals surface area contributed by atoms with Gasteiger partial charge in [-0.05, 0) is 24.3 Å². The summed E-state index contributed by atoms with van der Waals surface area (Å²) >= 11 is 1.17. The van der Waals surface area contributed by atoms with Crippen molar-refractivity contribution in [1.82, 2.24) is 10.2 Å². The van der Waals surface area contributed by atoms with E-state index in [1.807, 2.05) is 30.3 Å². The largest absolute Gasteiger partial charge is 0.497 e. The maximum atomic E-state index is 12.2. The molecule has 3 aromatic rings. The van der Waals surface area contributed by atoms with Crippen LogP contribution in [0.15, 0.2) is 58.2 Å². The van der Waals surface area contributed by atoms with Gasteiger partial charge in [-0.15, -0.1) is 10.2 Å². The fourth-order valence-electron chi connectivity index (χ4n) is 2.18. The van der Waals surface area contributed by atoms with E-state index in [9.17, 15) is 4.79 Å². The number of aromatic nitrogens is 2. The molecule has 0 fully saturated rings. The number of nitrogens with one attached hydrogen (secondary N) is 1. The highest BCUT2D eigenvalue weighted by Gasteiger charge is 2.13. The molecule has 1 aromatic heterocycles. The van der Waals surface area contributed by atoms with Gasteiger partial charge in [-0.25, -0.2) is 0 Å². The molecule has 0 aliphatic rings. The number of carbonyl (C=O) groups excluding carboxylic acids is 1. The SMILES string of the molecule is COc1ccc(NC(=O)CSc2nnc(-c3ccccc3)o2)c(OC)c1. The Labute approximate surface area is 154 Å². The third-order valence-electron chi connectivity index (χ3n) is 3.44. The first-order valence-electron chi connectivity index (χ1n) is 7.73. The molecular formula is C18H17N3O4S. The van der Waals surface area contributed by atoms with Crippen LogP contribution >= 0.6 is 11.8 Å². The van der Waals surface area contributed by atoms with Crippen molar-refractivity contribution >= 4 is 23.4 Å². The predicted octanol–water partition coefficient (Wildman–Crippen LogP) is 3.48. The smallest absolute Gasteiger partial charge is 0.277 e. The van der Waals surface area contributed by atoms with Crippen LogP contribution in [-0.4, -0.2) is 36.1 Å². The van der Waals surface area contributed by atoms with Crippen molar-refractivity contribution in [3.63, 3.8) is 0 Å². The highest BCUT2D eigenvalue weighted by Crippen LogP contribution is 2.29. The van der Waals surface area contributed by atoms with Crippen LogP contribution < -0.4 is 14.8 Å². The number of hydrogen-bond donors (Lipinski definition) is 1. The zero-order valence-corrected chi connectivity index (χ0v) is 15.1. The number of amides is 1. The molecule has 26 heavy (non-hydrogen) atoms. The lowest BCUT2D eigenvalue weighted by Crippen LogP contribution is -2.14. The Hall–Kier alpha value is -3.00. The molecular weight excluding hydrogens is 354 g/mol. The molecule has 0 saturated carbocycles. The minimum absolute atomic E-state index is 0.131. The van der Waals surface area contributed by atoms with Gasteiger partial charge in [-0.3, -0.25) is 4.79 Å². The zero-order valence-electron chi connectivity index (χ0n) is 14.3. The number of hydrogen-bond acceptors (Lipinski definition) is 7. The fourth-order valence-corrected chi connectivity index (χ4v) is 2.74. The van der Waals surface area contributed by atoms with E-state index in [0.717, 1.165) is 5.56 Å². The van der Waals surface area contributed by atoms with Gasteiger partial charge >= 0.3 is 0 Å². The van der Waals surface area contributed by atoms with Crippen LogP contribution in [0.4, 0.5) is 5.69 Å². The van der Waals surface area contributed by atoms with E-state index in [0.29, 0.717) is 28.3 Å². The molecule has 0 bridgehead atoms. The Morgan fingerprint density at radius 1 is 1.12 bits per heavy atom. The van der Waals surface area contributed by atoms with E-state index in [4.69, 9.17) is 13.9 Å². The lowest BCUT2D eigenvalue weighted by atomic mass is 10.2. The number of nitrogens with zero attached hydrogens (tertiary/aromatic N) is 2. The maximum Gasteiger partial charge on any atom is 0.277 e. The van der Waals surface area contributed by atoms with Gasteiger partial charge in [0.15, 0.2) is 0 Å². The Morgan fingerprint density at radius 2 is 1.92 bits per heavy atom. The topological polar surface area (TPSA) is 86.5 Å². The molecule has 1 amide bonds. The Kier molecular flexibility index (Phi) is 5.75. The lowest BCUT2D eigenvalue weighted by molar-refractivity contribution is -0.113. The van der Waals surface area contributed by atoms with Crippen molar-refractivity contribution < 1.29 is 18.7 Å². The second kappa shape index (κ2) is 8.39. The van der Waals surface area contributed by atoms with Crippen molar-refractivity contribution in [1.29, 1.82) is 0 Å². The molecule has 2 aromatic carbocycles. The van der Waals surface area contributed by atoms with Crippen molar-refractivity contribution in [2.24, 2.45) is 0 Å². The third kappa shape index (κ3) is 4.34. The van der Waals surface area contributed by atoms with Crippen molar-refractivity contribution in [3.05, 3.63) is 48.5 Å². The van der Waals surface area contributed by atoms with E-state index in [-0.39, 0.29) is 11.7 Å². The summed E-state index contributed by atoms with van der Waals surface area (Å²) in [5.74, 6) is 1.51. The lowest BCUT2D eigenvalue weighted by Gasteiger charge is -2.11. The molecule has 0 aliphatic heterocycles. The Balaban J connectivity index is 1.59. The standard InChI is InChI=1S/C18H17N3O4S/c1-23-13-8-9-14(15(10-13)24-2)19-16(22)11-26-18-21-20-17(25-18)12-6-4-3-5-7-12/h3-10H,11H2,1-2H3,(H,19,22). The van der Waals surface area contributed by atoms with E-state index in [2.05, 4.69) is 15.5 Å². The summed E-state index contributed by atoms with van der Waals surface area (Å²) in [6.45, 7) is 0. The van der Waals surface area contributed by atoms with Gasteiger partial charge in [0.2, 0.25) is 11.8 Å². The van der Waals surface area contributed by atoms with Crippen LogP contribution in [0.1, 0.15) is 0 Å². The predicted molar refractivity (Wildman–Crippen MR) is 98.6 cm³/mol. The van der Waals surface area contributed by atoms with Gasteiger partial charge in [0.1, 0.15) is 11.5 Å². The van der Waals surface area contributed by atoms with Gasteiger partial charge in [0.25, 0.3) is 5.22 Å². The molecule has 3 rings (SSSR count). The van der Waals surface area contributed by atoms with Crippen molar-refractivity contribution in [2.75, 3.05) is 25.3 Å². The summed E-state index contributed by atoms with van der Waals surface area (Å²) in [4.78, 5) is 12.2. The normalized spacial score (nSPS) is 10.4. The Bertz CT molecular complexity index is 883. The number of anilines is 1. The summed E-state index contributed by atoms with van der Waals surface area (Å²) < 4.78 is 16.0. The van der Waals surface area contributed by atoms with Crippen LogP contribution in [0.3, 0.4) is 0 Å². The number of rotatable bonds is 7. The number of ether oxygens (including phenoxy) is 2. The summed E-state index contributed by atoms with van der Waals surface area (Å²) in [6.07, 6.45) is 0. The third-order valence-corrected chi connectivity index (χ3v) is 4.26. The molecule has 1 N–H and O–H groups in total. The second-order valence-corrected chi connectivity index (χ2v) is 6.07. The minimum atomic E-state index is -0.210. The van der Waals surface area contributed by atoms with Gasteiger partial charge in [0, 0.05) is 11.6 Å². The van der Waals surface area contributed by atoms with E-state index in [1.54, 1.807) is 25.3 Å². The number of thioether (sulfide) groups is 1. The molecule has 1 heterocycles. The van der Waals surface area contributed by atoms with Gasteiger partial charge in [0.05, 0.1) is 25.7 Å². The van der Waals surface area contributed by atoms with Gasteiger partial charge in [-0.1, -0.05) is 30.0 Å². The molecule has 0 spiro atoms. The first kappa shape index (κ1) is 17.8. The highest BCUT2D eigenvalue weighted by atomic mass is 32.2. The highest BCUT2D eigenvalue weighted by molar-refractivity contribution is 7.99. The van der Waals surface area contributed by atoms with Crippen molar-refractivity contribution in [2.45, 2.75) is 5.22 Å². The van der Waals surface area contributed by atoms with Crippen LogP contribution in [0, 0.1) is 0 Å². The van der Waals surface area contributed by atoms with Crippen LogP contribution in [0.2, 0.25) is 0 Å². The van der Waals surface area contributed by atoms with E-state index >= 15 is 0 Å². The fraction of sp³-hybridized carbons (Fsp3) is 0.167. The summed E-state index contributed by atoms with van der Waals surface area (Å²) in [6, 6.07) is 14.6. The Morgan fingerprint density at radius 3 is 2.65 bits per heavy atom. The average Bonchev–Trinajstić information content (AvgIpc) is 3.16. The minimum Gasteiger partial charge on any atom is -0.497 e. The number of carbonyl (C=O) groups is 1. The molecule has 0 atom stereocenters. The number of methoxy groups -OCH3 is 2. The van der Waals surface area contributed by atoms with E-state index < -0.39 is 0 Å². The van der Waals surface area contributed by atoms with Gasteiger partial charge < -0.3 is 19.2 Å². The maximum absolute atomic E-state index is 12.2. The summed E-state index contributed by atoms with van der Waals surface area (Å²) in [5.41, 5.74) is 1.40. The van der Waals surface area contributed by atoms with Crippen LogP contribution in [-0.2, 0) is 4.79 Å². The summed E-state index contributed by atoms with van der Waals surface area (Å²) in [5, 5.41) is 11.1. The zero-order chi connectivity index (χ0) is 18.4. The first-order chi connectivity index (χ1) is 12.7. The van der Waals surface area contributed by atoms with Crippen LogP contribution in [0.25, 0.3) is 11.5 Å². The molecule has 134 valence electrons. The molecule has 0 radical (unpaired) electrons. The average molecular weight is 371 g/mol. The summed E-state index contributed by atoms with van der Waals surface area (Å²) in [7, 11) is 3.10. The van der Waals surface area contributed by atoms with Crippen molar-refractivity contribution in [3.8, 4) is 23.0 Å². The first-order valence-corrected chi connectivity index (χ1v) is 8.71. The second-order valence-electron chi connectivity index (χ2n) is 5.14.